The van der Waals surface area contributed by atoms with Crippen LogP contribution in [0.25, 0.3) is 0 Å². The largest absolute Gasteiger partial charge is 0.454 e. The average Bonchev–Trinajstić information content (AvgIpc) is 3.36. The van der Waals surface area contributed by atoms with Crippen molar-refractivity contribution in [2.75, 3.05) is 13.3 Å². The van der Waals surface area contributed by atoms with Crippen molar-refractivity contribution in [1.82, 2.24) is 4.90 Å². The summed E-state index contributed by atoms with van der Waals surface area (Å²) >= 11 is 0. The van der Waals surface area contributed by atoms with E-state index >= 15 is 0 Å². The maximum atomic E-state index is 13.6. The molecule has 1 aliphatic carbocycles. The number of nitrogens with zero attached hydrogens (tertiary/aromatic N) is 1. The van der Waals surface area contributed by atoms with E-state index in [1.54, 1.807) is 0 Å². The summed E-state index contributed by atoms with van der Waals surface area (Å²) in [4.78, 5) is 15.6. The molecule has 1 fully saturated rings. The molecule has 0 radical (unpaired) electrons. The molecule has 0 bridgehead atoms. The number of hydrogen-bond donors (Lipinski definition) is 0. The van der Waals surface area contributed by atoms with Crippen LogP contribution in [0.3, 0.4) is 0 Å². The van der Waals surface area contributed by atoms with Crippen LogP contribution in [0.15, 0.2) is 48.5 Å². The van der Waals surface area contributed by atoms with Gasteiger partial charge in [0.25, 0.3) is 0 Å². The molecule has 0 unspecified atom stereocenters. The van der Waals surface area contributed by atoms with Crippen molar-refractivity contribution in [1.29, 1.82) is 0 Å². The predicted molar refractivity (Wildman–Crippen MR) is 100 cm³/mol. The van der Waals surface area contributed by atoms with Gasteiger partial charge in [0.1, 0.15) is 0 Å². The van der Waals surface area contributed by atoms with Gasteiger partial charge in [-0.25, -0.2) is 0 Å². The molecular formula is C22H25NO3. The van der Waals surface area contributed by atoms with Gasteiger partial charge in [-0.2, -0.15) is 0 Å². The Morgan fingerprint density at radius 2 is 1.77 bits per heavy atom. The van der Waals surface area contributed by atoms with Gasteiger partial charge in [0.15, 0.2) is 11.5 Å². The lowest BCUT2D eigenvalue weighted by molar-refractivity contribution is -0.137. The number of carbonyl (C=O) groups is 1. The van der Waals surface area contributed by atoms with Gasteiger partial charge < -0.3 is 14.4 Å². The highest BCUT2D eigenvalue weighted by Crippen LogP contribution is 2.43. The molecule has 0 saturated heterocycles. The van der Waals surface area contributed by atoms with Gasteiger partial charge in [0, 0.05) is 13.1 Å². The highest BCUT2D eigenvalue weighted by molar-refractivity contribution is 5.88. The fourth-order valence-corrected chi connectivity index (χ4v) is 4.25. The summed E-state index contributed by atoms with van der Waals surface area (Å²) in [5, 5.41) is 0. The van der Waals surface area contributed by atoms with Crippen LogP contribution in [0.1, 0.15) is 43.7 Å². The summed E-state index contributed by atoms with van der Waals surface area (Å²) in [7, 11) is 0. The minimum Gasteiger partial charge on any atom is -0.454 e. The first-order valence-corrected chi connectivity index (χ1v) is 9.46. The molecule has 0 atom stereocenters. The van der Waals surface area contributed by atoms with Gasteiger partial charge in [-0.05, 0) is 43.0 Å². The zero-order valence-electron chi connectivity index (χ0n) is 15.2. The van der Waals surface area contributed by atoms with Gasteiger partial charge in [0.2, 0.25) is 12.7 Å². The minimum atomic E-state index is -0.367. The molecule has 136 valence electrons. The Hall–Kier alpha value is -2.49. The number of ether oxygens (including phenoxy) is 2. The third-order valence-corrected chi connectivity index (χ3v) is 5.67. The number of rotatable bonds is 5. The number of carbonyl (C=O) groups excluding carboxylic acids is 1. The molecule has 4 heteroatoms. The summed E-state index contributed by atoms with van der Waals surface area (Å²) in [5.41, 5.74) is 1.87. The van der Waals surface area contributed by atoms with E-state index in [2.05, 4.69) is 19.1 Å². The van der Waals surface area contributed by atoms with E-state index in [0.29, 0.717) is 13.1 Å². The SMILES string of the molecule is CCN(Cc1ccc2c(c1)OCO2)C(=O)C1(c2ccccc2)CCCC1. The first-order valence-electron chi connectivity index (χ1n) is 9.46. The summed E-state index contributed by atoms with van der Waals surface area (Å²) in [5.74, 6) is 1.80. The molecule has 1 heterocycles. The van der Waals surface area contributed by atoms with Crippen LogP contribution < -0.4 is 9.47 Å². The summed E-state index contributed by atoms with van der Waals surface area (Å²) in [6, 6.07) is 16.2. The van der Waals surface area contributed by atoms with Crippen LogP contribution in [0, 0.1) is 0 Å². The van der Waals surface area contributed by atoms with E-state index in [9.17, 15) is 4.79 Å². The van der Waals surface area contributed by atoms with Crippen molar-refractivity contribution in [3.05, 3.63) is 59.7 Å². The van der Waals surface area contributed by atoms with Crippen molar-refractivity contribution in [2.24, 2.45) is 0 Å². The minimum absolute atomic E-state index is 0.251. The Morgan fingerprint density at radius 1 is 1.04 bits per heavy atom. The summed E-state index contributed by atoms with van der Waals surface area (Å²) in [6.45, 7) is 3.62. The molecule has 0 aromatic heterocycles. The predicted octanol–water partition coefficient (Wildman–Crippen LogP) is 4.28. The van der Waals surface area contributed by atoms with E-state index in [1.165, 1.54) is 0 Å². The van der Waals surface area contributed by atoms with Gasteiger partial charge in [0.05, 0.1) is 5.41 Å². The first kappa shape index (κ1) is 17.0. The second-order valence-corrected chi connectivity index (χ2v) is 7.16. The molecular weight excluding hydrogens is 326 g/mol. The van der Waals surface area contributed by atoms with Gasteiger partial charge >= 0.3 is 0 Å². The van der Waals surface area contributed by atoms with E-state index in [-0.39, 0.29) is 18.1 Å². The molecule has 1 saturated carbocycles. The van der Waals surface area contributed by atoms with Crippen LogP contribution in [0.2, 0.25) is 0 Å². The van der Waals surface area contributed by atoms with Crippen molar-refractivity contribution >= 4 is 5.91 Å². The van der Waals surface area contributed by atoms with Crippen LogP contribution in [-0.4, -0.2) is 24.1 Å². The highest BCUT2D eigenvalue weighted by Gasteiger charge is 2.44. The lowest BCUT2D eigenvalue weighted by atomic mass is 9.77. The van der Waals surface area contributed by atoms with Crippen LogP contribution in [0.5, 0.6) is 11.5 Å². The van der Waals surface area contributed by atoms with Gasteiger partial charge in [-0.1, -0.05) is 49.2 Å². The fourth-order valence-electron chi connectivity index (χ4n) is 4.25. The zero-order valence-corrected chi connectivity index (χ0v) is 15.2. The lowest BCUT2D eigenvalue weighted by Gasteiger charge is -2.34. The lowest BCUT2D eigenvalue weighted by Crippen LogP contribution is -2.45. The molecule has 4 nitrogen and oxygen atoms in total. The maximum absolute atomic E-state index is 13.6. The quantitative estimate of drug-likeness (QED) is 0.807. The highest BCUT2D eigenvalue weighted by atomic mass is 16.7. The van der Waals surface area contributed by atoms with E-state index in [1.807, 2.05) is 41.3 Å². The first-order chi connectivity index (χ1) is 12.7. The number of amides is 1. The topological polar surface area (TPSA) is 38.8 Å². The van der Waals surface area contributed by atoms with E-state index in [4.69, 9.17) is 9.47 Å². The number of fused-ring (bicyclic) bond motifs is 1. The third-order valence-electron chi connectivity index (χ3n) is 5.67. The molecule has 1 aliphatic heterocycles. The monoisotopic (exact) mass is 351 g/mol. The van der Waals surface area contributed by atoms with E-state index in [0.717, 1.165) is 48.3 Å². The zero-order chi connectivity index (χ0) is 18.0. The second-order valence-electron chi connectivity index (χ2n) is 7.16. The molecule has 1 amide bonds. The van der Waals surface area contributed by atoms with Gasteiger partial charge in [-0.15, -0.1) is 0 Å². The van der Waals surface area contributed by atoms with Crippen molar-refractivity contribution in [2.45, 2.75) is 44.6 Å². The normalized spacial score (nSPS) is 17.3. The maximum Gasteiger partial charge on any atom is 0.233 e. The Bertz CT molecular complexity index is 781. The van der Waals surface area contributed by atoms with Crippen molar-refractivity contribution < 1.29 is 14.3 Å². The van der Waals surface area contributed by atoms with Crippen LogP contribution in [-0.2, 0) is 16.8 Å². The van der Waals surface area contributed by atoms with Crippen molar-refractivity contribution in [3.8, 4) is 11.5 Å². The van der Waals surface area contributed by atoms with Crippen molar-refractivity contribution in [3.63, 3.8) is 0 Å². The number of likely N-dealkylation sites (N-methyl/N-ethyl adjacent to an activating group) is 1. The molecule has 2 aliphatic rings. The van der Waals surface area contributed by atoms with Gasteiger partial charge in [-0.3, -0.25) is 4.79 Å². The molecule has 2 aromatic carbocycles. The Morgan fingerprint density at radius 3 is 2.50 bits per heavy atom. The Labute approximate surface area is 154 Å². The number of benzene rings is 2. The Balaban J connectivity index is 1.60. The second kappa shape index (κ2) is 7.02. The van der Waals surface area contributed by atoms with Crippen LogP contribution >= 0.6 is 0 Å². The Kier molecular flexibility index (Phi) is 4.58. The summed E-state index contributed by atoms with van der Waals surface area (Å²) < 4.78 is 10.9. The molecule has 26 heavy (non-hydrogen) atoms. The smallest absolute Gasteiger partial charge is 0.233 e. The summed E-state index contributed by atoms with van der Waals surface area (Å²) in [6.07, 6.45) is 4.10. The third kappa shape index (κ3) is 2.94. The molecule has 4 rings (SSSR count). The molecule has 2 aromatic rings. The average molecular weight is 351 g/mol. The number of hydrogen-bond acceptors (Lipinski definition) is 3. The molecule has 0 N–H and O–H groups in total. The van der Waals surface area contributed by atoms with Crippen LogP contribution in [0.4, 0.5) is 0 Å². The molecule has 0 spiro atoms. The standard InChI is InChI=1S/C22H25NO3/c1-2-23(15-17-10-11-19-20(14-17)26-16-25-19)21(24)22(12-6-7-13-22)18-8-4-3-5-9-18/h3-5,8-11,14H,2,6-7,12-13,15-16H2,1H3. The van der Waals surface area contributed by atoms with E-state index < -0.39 is 0 Å². The fraction of sp³-hybridized carbons (Fsp3) is 0.409.